The van der Waals surface area contributed by atoms with Crippen LogP contribution in [0.4, 0.5) is 20.2 Å². The molecule has 10 nitrogen and oxygen atoms in total. The van der Waals surface area contributed by atoms with Crippen LogP contribution in [-0.4, -0.2) is 0 Å². The monoisotopic (exact) mass is 526 g/mol. The highest BCUT2D eigenvalue weighted by atomic mass is 19.1. The van der Waals surface area contributed by atoms with E-state index in [1.54, 1.807) is 24.3 Å². The zero-order valence-electron chi connectivity index (χ0n) is 19.7. The molecule has 2 aliphatic heterocycles. The molecule has 0 unspecified atom stereocenters. The van der Waals surface area contributed by atoms with Gasteiger partial charge in [0.25, 0.3) is 0 Å². The normalized spacial score (nSPS) is 11.8. The predicted octanol–water partition coefficient (Wildman–Crippen LogP) is 5.17. The summed E-state index contributed by atoms with van der Waals surface area (Å²) < 4.78 is 42.5. The number of anilines is 2. The van der Waals surface area contributed by atoms with Gasteiger partial charge in [0.05, 0.1) is 45.8 Å². The minimum absolute atomic E-state index is 0.0164. The molecule has 186 valence electrons. The van der Waals surface area contributed by atoms with Crippen molar-refractivity contribution in [2.75, 3.05) is 10.6 Å². The number of nitrogens with one attached hydrogen (secondary N) is 2. The zero-order chi connectivity index (χ0) is 28.6. The summed E-state index contributed by atoms with van der Waals surface area (Å²) in [7, 11) is 0. The summed E-state index contributed by atoms with van der Waals surface area (Å²) in [5.41, 5.74) is -1.28. The van der Waals surface area contributed by atoms with Crippen molar-refractivity contribution in [3.63, 3.8) is 0 Å². The molecule has 0 spiro atoms. The van der Waals surface area contributed by atoms with Gasteiger partial charge in [-0.3, -0.25) is 0 Å². The lowest BCUT2D eigenvalue weighted by Gasteiger charge is -2.17. The summed E-state index contributed by atoms with van der Waals surface area (Å²) >= 11 is 0. The molecule has 0 atom stereocenters. The molecule has 40 heavy (non-hydrogen) atoms. The number of halogens is 2. The molecule has 2 aliphatic rings. The molecule has 0 saturated carbocycles. The van der Waals surface area contributed by atoms with Crippen molar-refractivity contribution in [3.05, 3.63) is 82.1 Å². The topological polar surface area (TPSA) is 185 Å². The number of nitriles is 6. The van der Waals surface area contributed by atoms with E-state index in [0.29, 0.717) is 0 Å². The lowest BCUT2D eigenvalue weighted by atomic mass is 9.92. The molecule has 5 rings (SSSR count). The van der Waals surface area contributed by atoms with E-state index in [1.807, 2.05) is 12.1 Å². The Balaban J connectivity index is 1.94. The standard InChI is InChI=1S/C28H8F2N8O2/c29-19-5-13(7-31)1-3-17(19)21-23-26(40-27(37-23)15(9-33)10-34)22(18-4-2-14(8-32)6-20(18)30)24-25(21)39-28(38-24)16(11-35)12-36/h1-6,37-38H. The van der Waals surface area contributed by atoms with Crippen molar-refractivity contribution < 1.29 is 18.3 Å². The van der Waals surface area contributed by atoms with Crippen molar-refractivity contribution >= 4 is 11.4 Å². The van der Waals surface area contributed by atoms with Gasteiger partial charge in [-0.1, -0.05) is 0 Å². The number of allylic oxidation sites excluding steroid dienone is 2. The first-order valence-corrected chi connectivity index (χ1v) is 11.0. The van der Waals surface area contributed by atoms with Crippen LogP contribution in [0.25, 0.3) is 22.3 Å². The summed E-state index contributed by atoms with van der Waals surface area (Å²) in [4.78, 5) is 0. The number of hydrogen-bond acceptors (Lipinski definition) is 10. The minimum Gasteiger partial charge on any atom is -0.436 e. The van der Waals surface area contributed by atoms with Gasteiger partial charge in [-0.2, -0.15) is 31.6 Å². The lowest BCUT2D eigenvalue weighted by molar-refractivity contribution is 0.452. The Morgan fingerprint density at radius 1 is 0.600 bits per heavy atom. The Morgan fingerprint density at radius 3 is 1.27 bits per heavy atom. The average molecular weight is 526 g/mol. The Bertz CT molecular complexity index is 1790. The first-order chi connectivity index (χ1) is 19.4. The molecule has 0 aliphatic carbocycles. The van der Waals surface area contributed by atoms with Gasteiger partial charge in [0, 0.05) is 11.1 Å². The number of benzene rings is 3. The number of hydrogen-bond donors (Lipinski definition) is 2. The Kier molecular flexibility index (Phi) is 5.92. The fourth-order valence-corrected chi connectivity index (χ4v) is 4.20. The van der Waals surface area contributed by atoms with Crippen LogP contribution >= 0.6 is 0 Å². The second-order valence-electron chi connectivity index (χ2n) is 8.08. The molecule has 3 aromatic rings. The average Bonchev–Trinajstić information content (AvgIpc) is 3.59. The maximum Gasteiger partial charge on any atom is 0.226 e. The number of nitrogens with zero attached hydrogens (tertiary/aromatic N) is 6. The molecule has 2 N–H and O–H groups in total. The second-order valence-corrected chi connectivity index (χ2v) is 8.08. The number of rotatable bonds is 2. The van der Waals surface area contributed by atoms with Gasteiger partial charge in [-0.15, -0.1) is 0 Å². The van der Waals surface area contributed by atoms with Crippen LogP contribution in [0.5, 0.6) is 11.5 Å². The highest BCUT2D eigenvalue weighted by Crippen LogP contribution is 2.60. The largest absolute Gasteiger partial charge is 0.436 e. The first kappa shape index (κ1) is 24.8. The van der Waals surface area contributed by atoms with Gasteiger partial charge in [0.15, 0.2) is 22.6 Å². The molecule has 3 aromatic carbocycles. The Morgan fingerprint density at radius 2 is 0.975 bits per heavy atom. The molecule has 0 bridgehead atoms. The van der Waals surface area contributed by atoms with Crippen LogP contribution in [0.3, 0.4) is 0 Å². The van der Waals surface area contributed by atoms with E-state index < -0.39 is 22.8 Å². The SMILES string of the molecule is N#CC(C#N)=C1Nc2c(c(-c3ccc(C#N)cc3F)c3c(c2-c2ccc(C#N)cc2F)OC(=C(C#N)C#N)N3)O1. The highest BCUT2D eigenvalue weighted by Gasteiger charge is 2.39. The first-order valence-electron chi connectivity index (χ1n) is 11.0. The van der Waals surface area contributed by atoms with Gasteiger partial charge < -0.3 is 20.1 Å². The van der Waals surface area contributed by atoms with Gasteiger partial charge in [-0.05, 0) is 36.4 Å². The van der Waals surface area contributed by atoms with E-state index in [2.05, 4.69) is 10.6 Å². The maximum atomic E-state index is 15.4. The molecule has 0 aromatic heterocycles. The van der Waals surface area contributed by atoms with E-state index in [1.165, 1.54) is 24.3 Å². The maximum absolute atomic E-state index is 15.4. The van der Waals surface area contributed by atoms with E-state index in [0.717, 1.165) is 12.1 Å². The van der Waals surface area contributed by atoms with Gasteiger partial charge in [0.2, 0.25) is 11.8 Å². The fourth-order valence-electron chi connectivity index (χ4n) is 4.20. The van der Waals surface area contributed by atoms with Crippen LogP contribution in [-0.2, 0) is 0 Å². The van der Waals surface area contributed by atoms with Crippen LogP contribution in [0, 0.1) is 79.6 Å². The van der Waals surface area contributed by atoms with E-state index in [9.17, 15) is 31.6 Å². The third kappa shape index (κ3) is 3.73. The summed E-state index contributed by atoms with van der Waals surface area (Å²) in [5.74, 6) is -2.65. The molecule has 0 amide bonds. The van der Waals surface area contributed by atoms with Crippen LogP contribution < -0.4 is 20.1 Å². The molecular weight excluding hydrogens is 518 g/mol. The highest BCUT2D eigenvalue weighted by molar-refractivity contribution is 6.05. The van der Waals surface area contributed by atoms with E-state index in [-0.39, 0.29) is 68.0 Å². The fraction of sp³-hybridized carbons (Fsp3) is 0. The lowest BCUT2D eigenvalue weighted by Crippen LogP contribution is -2.03. The summed E-state index contributed by atoms with van der Waals surface area (Å²) in [6.45, 7) is 0. The second kappa shape index (κ2) is 9.55. The van der Waals surface area contributed by atoms with Crippen molar-refractivity contribution in [2.24, 2.45) is 0 Å². The third-order valence-corrected chi connectivity index (χ3v) is 5.93. The quantitative estimate of drug-likeness (QED) is 0.422. The van der Waals surface area contributed by atoms with Crippen LogP contribution in [0.1, 0.15) is 11.1 Å². The molecule has 0 radical (unpaired) electrons. The van der Waals surface area contributed by atoms with E-state index in [4.69, 9.17) is 9.47 Å². The Hall–Kier alpha value is -6.86. The number of ether oxygens (including phenoxy) is 2. The van der Waals surface area contributed by atoms with Crippen molar-refractivity contribution in [3.8, 4) is 70.2 Å². The molecular formula is C28H8F2N8O2. The van der Waals surface area contributed by atoms with Crippen LogP contribution in [0.2, 0.25) is 0 Å². The summed E-state index contributed by atoms with van der Waals surface area (Å²) in [6, 6.07) is 17.5. The minimum atomic E-state index is -0.859. The van der Waals surface area contributed by atoms with E-state index >= 15 is 8.78 Å². The smallest absolute Gasteiger partial charge is 0.226 e. The number of fused-ring (bicyclic) bond motifs is 2. The van der Waals surface area contributed by atoms with Gasteiger partial charge in [0.1, 0.15) is 35.9 Å². The molecule has 0 saturated heterocycles. The molecule has 12 heteroatoms. The Labute approximate surface area is 224 Å². The van der Waals surface area contributed by atoms with Crippen molar-refractivity contribution in [2.45, 2.75) is 0 Å². The van der Waals surface area contributed by atoms with Crippen molar-refractivity contribution in [1.29, 1.82) is 31.6 Å². The van der Waals surface area contributed by atoms with Gasteiger partial charge >= 0.3 is 0 Å². The van der Waals surface area contributed by atoms with Crippen LogP contribution in [0.15, 0.2) is 59.3 Å². The van der Waals surface area contributed by atoms with Crippen molar-refractivity contribution in [1.82, 2.24) is 0 Å². The molecule has 0 fully saturated rings. The molecule has 2 heterocycles. The predicted molar refractivity (Wildman–Crippen MR) is 132 cm³/mol. The zero-order valence-corrected chi connectivity index (χ0v) is 19.7. The summed E-state index contributed by atoms with van der Waals surface area (Å²) in [5, 5.41) is 61.6. The third-order valence-electron chi connectivity index (χ3n) is 5.93. The van der Waals surface area contributed by atoms with Gasteiger partial charge in [-0.25, -0.2) is 8.78 Å². The summed E-state index contributed by atoms with van der Waals surface area (Å²) in [6.07, 6.45) is 0.